The van der Waals surface area contributed by atoms with Crippen LogP contribution in [0, 0.1) is 5.92 Å². The molecule has 0 saturated carbocycles. The summed E-state index contributed by atoms with van der Waals surface area (Å²) in [7, 11) is 0. The van der Waals surface area contributed by atoms with Crippen LogP contribution in [0.4, 0.5) is 0 Å². The third-order valence-electron chi connectivity index (χ3n) is 1.96. The second kappa shape index (κ2) is 5.61. The molecule has 1 heterocycles. The fourth-order valence-corrected chi connectivity index (χ4v) is 1.18. The fraction of sp³-hybridized carbons (Fsp3) is 1.00. The van der Waals surface area contributed by atoms with Gasteiger partial charge in [-0.15, -0.1) is 0 Å². The minimum atomic E-state index is 0. The second-order valence-electron chi connectivity index (χ2n) is 3.08. The maximum atomic E-state index is 5.55. The van der Waals surface area contributed by atoms with E-state index in [4.69, 9.17) is 4.74 Å². The Bertz CT molecular complexity index is 100. The second-order valence-corrected chi connectivity index (χ2v) is 3.08. The molecule has 0 aromatic carbocycles. The Morgan fingerprint density at radius 2 is 2.27 bits per heavy atom. The van der Waals surface area contributed by atoms with Crippen molar-refractivity contribution >= 4 is 8.41 Å². The number of hydrogen-bond donors (Lipinski definition) is 1. The molecule has 1 aliphatic rings. The van der Waals surface area contributed by atoms with Crippen LogP contribution in [0.15, 0.2) is 0 Å². The number of hydrogen-bond acceptors (Lipinski definition) is 2. The lowest BCUT2D eigenvalue weighted by Crippen LogP contribution is -2.29. The summed E-state index contributed by atoms with van der Waals surface area (Å²) in [6, 6.07) is 0. The van der Waals surface area contributed by atoms with Gasteiger partial charge in [-0.3, -0.25) is 5.32 Å². The van der Waals surface area contributed by atoms with Gasteiger partial charge in [0.1, 0.15) is 6.23 Å². The van der Waals surface area contributed by atoms with Gasteiger partial charge >= 0.3 is 0 Å². The van der Waals surface area contributed by atoms with Gasteiger partial charge in [-0.1, -0.05) is 13.8 Å². The SMILES string of the molecule is B.CCC1NCCC(C)CO1. The van der Waals surface area contributed by atoms with Gasteiger partial charge in [-0.25, -0.2) is 0 Å². The van der Waals surface area contributed by atoms with Gasteiger partial charge in [0.15, 0.2) is 0 Å². The molecular formula is C8H20BNO. The van der Waals surface area contributed by atoms with Crippen LogP contribution in [-0.2, 0) is 4.74 Å². The summed E-state index contributed by atoms with van der Waals surface area (Å²) in [6.07, 6.45) is 2.63. The summed E-state index contributed by atoms with van der Waals surface area (Å²) in [5.41, 5.74) is 0. The normalized spacial score (nSPS) is 32.2. The number of nitrogens with one attached hydrogen (secondary N) is 1. The van der Waals surface area contributed by atoms with Crippen LogP contribution in [0.1, 0.15) is 26.7 Å². The largest absolute Gasteiger partial charge is 0.363 e. The Hall–Kier alpha value is -0.0151. The minimum absolute atomic E-state index is 0. The van der Waals surface area contributed by atoms with Crippen LogP contribution >= 0.6 is 0 Å². The van der Waals surface area contributed by atoms with Crippen molar-refractivity contribution in [3.8, 4) is 0 Å². The Morgan fingerprint density at radius 1 is 1.55 bits per heavy atom. The first-order chi connectivity index (χ1) is 4.83. The molecular weight excluding hydrogens is 137 g/mol. The molecule has 0 amide bonds. The zero-order valence-corrected chi connectivity index (χ0v) is 6.89. The lowest BCUT2D eigenvalue weighted by Gasteiger charge is -2.13. The first kappa shape index (κ1) is 11.0. The first-order valence-electron chi connectivity index (χ1n) is 4.18. The van der Waals surface area contributed by atoms with E-state index in [1.807, 2.05) is 0 Å². The maximum absolute atomic E-state index is 5.55. The monoisotopic (exact) mass is 157 g/mol. The van der Waals surface area contributed by atoms with Gasteiger partial charge in [-0.05, 0) is 25.3 Å². The molecule has 0 aromatic rings. The molecule has 11 heavy (non-hydrogen) atoms. The van der Waals surface area contributed by atoms with E-state index in [0.29, 0.717) is 6.23 Å². The lowest BCUT2D eigenvalue weighted by molar-refractivity contribution is 0.0274. The van der Waals surface area contributed by atoms with Crippen LogP contribution in [0.5, 0.6) is 0 Å². The summed E-state index contributed by atoms with van der Waals surface area (Å²) in [6.45, 7) is 6.42. The Kier molecular flexibility index (Phi) is 5.60. The predicted molar refractivity (Wildman–Crippen MR) is 51.8 cm³/mol. The zero-order valence-electron chi connectivity index (χ0n) is 6.89. The van der Waals surface area contributed by atoms with Crippen LogP contribution in [-0.4, -0.2) is 27.8 Å². The van der Waals surface area contributed by atoms with E-state index in [1.165, 1.54) is 6.42 Å². The molecule has 0 bridgehead atoms. The fourth-order valence-electron chi connectivity index (χ4n) is 1.18. The topological polar surface area (TPSA) is 21.3 Å². The molecule has 2 unspecified atom stereocenters. The van der Waals surface area contributed by atoms with Crippen molar-refractivity contribution in [3.63, 3.8) is 0 Å². The van der Waals surface area contributed by atoms with E-state index in [2.05, 4.69) is 19.2 Å². The van der Waals surface area contributed by atoms with Gasteiger partial charge in [0.25, 0.3) is 0 Å². The van der Waals surface area contributed by atoms with Crippen molar-refractivity contribution in [2.75, 3.05) is 13.2 Å². The van der Waals surface area contributed by atoms with Gasteiger partial charge in [0.05, 0.1) is 15.0 Å². The molecule has 0 aromatic heterocycles. The Balaban J connectivity index is 0.000001000. The van der Waals surface area contributed by atoms with Crippen LogP contribution in [0.2, 0.25) is 0 Å². The van der Waals surface area contributed by atoms with Crippen LogP contribution in [0.25, 0.3) is 0 Å². The molecule has 2 nitrogen and oxygen atoms in total. The summed E-state index contributed by atoms with van der Waals surface area (Å²) in [5.74, 6) is 0.726. The van der Waals surface area contributed by atoms with Gasteiger partial charge in [-0.2, -0.15) is 0 Å². The van der Waals surface area contributed by atoms with E-state index in [-0.39, 0.29) is 8.41 Å². The lowest BCUT2D eigenvalue weighted by atomic mass is 10.1. The van der Waals surface area contributed by atoms with Crippen molar-refractivity contribution in [2.24, 2.45) is 5.92 Å². The molecule has 2 atom stereocenters. The molecule has 1 aliphatic heterocycles. The van der Waals surface area contributed by atoms with Crippen LogP contribution < -0.4 is 5.32 Å². The summed E-state index contributed by atoms with van der Waals surface area (Å²) in [4.78, 5) is 0. The molecule has 0 spiro atoms. The van der Waals surface area contributed by atoms with E-state index < -0.39 is 0 Å². The molecule has 0 aliphatic carbocycles. The minimum Gasteiger partial charge on any atom is -0.363 e. The molecule has 1 N–H and O–H groups in total. The predicted octanol–water partition coefficient (Wildman–Crippen LogP) is 0.185. The number of rotatable bonds is 1. The average molecular weight is 157 g/mol. The average Bonchev–Trinajstić information content (AvgIpc) is 2.14. The standard InChI is InChI=1S/C8H17NO.BH3/c1-3-8-9-5-4-7(2)6-10-8;/h7-9H,3-6H2,1-2H3;1H3. The smallest absolute Gasteiger partial charge is 0.107 e. The van der Waals surface area contributed by atoms with Crippen molar-refractivity contribution in [2.45, 2.75) is 32.9 Å². The summed E-state index contributed by atoms with van der Waals surface area (Å²) in [5, 5.41) is 3.34. The third-order valence-corrected chi connectivity index (χ3v) is 1.96. The van der Waals surface area contributed by atoms with Gasteiger partial charge in [0.2, 0.25) is 0 Å². The molecule has 1 fully saturated rings. The van der Waals surface area contributed by atoms with E-state index in [9.17, 15) is 0 Å². The molecule has 1 saturated heterocycles. The van der Waals surface area contributed by atoms with Crippen LogP contribution in [0.3, 0.4) is 0 Å². The van der Waals surface area contributed by atoms with Crippen molar-refractivity contribution in [1.29, 1.82) is 0 Å². The molecule has 66 valence electrons. The van der Waals surface area contributed by atoms with E-state index >= 15 is 0 Å². The van der Waals surface area contributed by atoms with Gasteiger partial charge in [0, 0.05) is 0 Å². The quantitative estimate of drug-likeness (QED) is 0.548. The van der Waals surface area contributed by atoms with E-state index in [1.54, 1.807) is 0 Å². The highest BCUT2D eigenvalue weighted by molar-refractivity contribution is 5.75. The van der Waals surface area contributed by atoms with Crippen molar-refractivity contribution in [1.82, 2.24) is 5.32 Å². The zero-order chi connectivity index (χ0) is 7.40. The Morgan fingerprint density at radius 3 is 2.91 bits per heavy atom. The highest BCUT2D eigenvalue weighted by atomic mass is 16.5. The molecule has 3 heteroatoms. The maximum Gasteiger partial charge on any atom is 0.107 e. The van der Waals surface area contributed by atoms with E-state index in [0.717, 1.165) is 25.5 Å². The van der Waals surface area contributed by atoms with Crippen molar-refractivity contribution in [3.05, 3.63) is 0 Å². The Labute approximate surface area is 71.3 Å². The molecule has 0 radical (unpaired) electrons. The third kappa shape index (κ3) is 3.78. The highest BCUT2D eigenvalue weighted by Crippen LogP contribution is 2.08. The number of ether oxygens (including phenoxy) is 1. The first-order valence-corrected chi connectivity index (χ1v) is 4.18. The highest BCUT2D eigenvalue weighted by Gasteiger charge is 2.12. The molecule has 1 rings (SSSR count). The van der Waals surface area contributed by atoms with Gasteiger partial charge < -0.3 is 4.74 Å². The van der Waals surface area contributed by atoms with Crippen molar-refractivity contribution < 1.29 is 4.74 Å². The summed E-state index contributed by atoms with van der Waals surface area (Å²) >= 11 is 0. The summed E-state index contributed by atoms with van der Waals surface area (Å²) < 4.78 is 5.55.